The maximum absolute atomic E-state index is 4.42. The third kappa shape index (κ3) is 3.14. The van der Waals surface area contributed by atoms with Gasteiger partial charge < -0.3 is 5.32 Å². The van der Waals surface area contributed by atoms with Gasteiger partial charge in [0.2, 0.25) is 0 Å². The minimum atomic E-state index is 0.731. The fraction of sp³-hybridized carbons (Fsp3) is 0.333. The van der Waals surface area contributed by atoms with Crippen LogP contribution >= 0.6 is 0 Å². The SMILES string of the molecule is c1ccc(Cc2ncc(CNC3CC3)cn2)cc1. The fourth-order valence-corrected chi connectivity index (χ4v) is 1.89. The van der Waals surface area contributed by atoms with E-state index >= 15 is 0 Å². The van der Waals surface area contributed by atoms with Gasteiger partial charge in [-0.15, -0.1) is 0 Å². The van der Waals surface area contributed by atoms with E-state index in [4.69, 9.17) is 0 Å². The molecule has 1 aromatic heterocycles. The Bertz CT molecular complexity index is 489. The van der Waals surface area contributed by atoms with E-state index in [-0.39, 0.29) is 0 Å². The van der Waals surface area contributed by atoms with Crippen molar-refractivity contribution in [3.63, 3.8) is 0 Å². The largest absolute Gasteiger partial charge is 0.310 e. The summed E-state index contributed by atoms with van der Waals surface area (Å²) in [4.78, 5) is 8.84. The Morgan fingerprint density at radius 3 is 2.39 bits per heavy atom. The molecule has 0 saturated heterocycles. The van der Waals surface area contributed by atoms with E-state index in [9.17, 15) is 0 Å². The topological polar surface area (TPSA) is 37.8 Å². The average Bonchev–Trinajstić information content (AvgIpc) is 3.23. The van der Waals surface area contributed by atoms with Crippen LogP contribution in [0, 0.1) is 0 Å². The van der Waals surface area contributed by atoms with Crippen molar-refractivity contribution >= 4 is 0 Å². The molecule has 0 amide bonds. The van der Waals surface area contributed by atoms with Crippen LogP contribution in [0.5, 0.6) is 0 Å². The number of nitrogens with zero attached hydrogens (tertiary/aromatic N) is 2. The van der Waals surface area contributed by atoms with Gasteiger partial charge in [0, 0.05) is 37.0 Å². The first kappa shape index (κ1) is 11.4. The van der Waals surface area contributed by atoms with Gasteiger partial charge in [0.1, 0.15) is 5.82 Å². The van der Waals surface area contributed by atoms with Crippen LogP contribution in [0.25, 0.3) is 0 Å². The molecule has 0 aliphatic heterocycles. The lowest BCUT2D eigenvalue weighted by atomic mass is 10.1. The highest BCUT2D eigenvalue weighted by Gasteiger charge is 2.19. The first-order valence-corrected chi connectivity index (χ1v) is 6.47. The molecule has 0 atom stereocenters. The Morgan fingerprint density at radius 2 is 1.72 bits per heavy atom. The third-order valence-electron chi connectivity index (χ3n) is 3.14. The second kappa shape index (κ2) is 5.27. The van der Waals surface area contributed by atoms with Crippen molar-refractivity contribution in [2.24, 2.45) is 0 Å². The molecule has 0 bridgehead atoms. The van der Waals surface area contributed by atoms with E-state index in [1.807, 2.05) is 30.6 Å². The molecule has 1 fully saturated rings. The highest BCUT2D eigenvalue weighted by atomic mass is 15.0. The summed E-state index contributed by atoms with van der Waals surface area (Å²) in [6, 6.07) is 11.1. The van der Waals surface area contributed by atoms with E-state index in [2.05, 4.69) is 27.4 Å². The smallest absolute Gasteiger partial charge is 0.132 e. The molecule has 0 unspecified atom stereocenters. The van der Waals surface area contributed by atoms with Gasteiger partial charge in [-0.3, -0.25) is 0 Å². The summed E-state index contributed by atoms with van der Waals surface area (Å²) in [5, 5.41) is 3.46. The molecule has 0 spiro atoms. The van der Waals surface area contributed by atoms with Gasteiger partial charge in [0.25, 0.3) is 0 Å². The molecular formula is C15H17N3. The Labute approximate surface area is 107 Å². The molecule has 1 aliphatic rings. The monoisotopic (exact) mass is 239 g/mol. The summed E-state index contributed by atoms with van der Waals surface area (Å²) in [6.07, 6.45) is 7.29. The van der Waals surface area contributed by atoms with E-state index < -0.39 is 0 Å². The number of hydrogen-bond donors (Lipinski definition) is 1. The van der Waals surface area contributed by atoms with E-state index in [1.54, 1.807) is 0 Å². The minimum Gasteiger partial charge on any atom is -0.310 e. The standard InChI is InChI=1S/C15H17N3/c1-2-4-12(5-3-1)8-15-17-10-13(11-18-15)9-16-14-6-7-14/h1-5,10-11,14,16H,6-9H2. The molecule has 92 valence electrons. The number of hydrogen-bond acceptors (Lipinski definition) is 3. The summed E-state index contributed by atoms with van der Waals surface area (Å²) in [5.41, 5.74) is 2.42. The Morgan fingerprint density at radius 1 is 1.00 bits per heavy atom. The first-order chi connectivity index (χ1) is 8.90. The second-order valence-electron chi connectivity index (χ2n) is 4.83. The highest BCUT2D eigenvalue weighted by molar-refractivity contribution is 5.19. The van der Waals surface area contributed by atoms with Crippen molar-refractivity contribution in [2.75, 3.05) is 0 Å². The zero-order chi connectivity index (χ0) is 12.2. The van der Waals surface area contributed by atoms with E-state index in [1.165, 1.54) is 24.0 Å². The molecule has 1 N–H and O–H groups in total. The predicted molar refractivity (Wildman–Crippen MR) is 71.1 cm³/mol. The number of aromatic nitrogens is 2. The lowest BCUT2D eigenvalue weighted by Crippen LogP contribution is -2.15. The molecule has 18 heavy (non-hydrogen) atoms. The highest BCUT2D eigenvalue weighted by Crippen LogP contribution is 2.19. The van der Waals surface area contributed by atoms with Crippen LogP contribution in [-0.4, -0.2) is 16.0 Å². The zero-order valence-electron chi connectivity index (χ0n) is 10.3. The number of benzene rings is 1. The van der Waals surface area contributed by atoms with Gasteiger partial charge in [-0.25, -0.2) is 9.97 Å². The fourth-order valence-electron chi connectivity index (χ4n) is 1.89. The summed E-state index contributed by atoms with van der Waals surface area (Å²) < 4.78 is 0. The molecule has 3 rings (SSSR count). The van der Waals surface area contributed by atoms with Crippen LogP contribution in [0.2, 0.25) is 0 Å². The van der Waals surface area contributed by atoms with Gasteiger partial charge in [-0.1, -0.05) is 30.3 Å². The van der Waals surface area contributed by atoms with Crippen molar-refractivity contribution in [1.29, 1.82) is 0 Å². The van der Waals surface area contributed by atoms with Gasteiger partial charge in [0.15, 0.2) is 0 Å². The van der Waals surface area contributed by atoms with E-state index in [0.29, 0.717) is 0 Å². The third-order valence-corrected chi connectivity index (χ3v) is 3.14. The summed E-state index contributed by atoms with van der Waals surface area (Å²) in [5.74, 6) is 0.886. The van der Waals surface area contributed by atoms with E-state index in [0.717, 1.165) is 24.8 Å². The molecule has 1 aliphatic carbocycles. The normalized spacial score (nSPS) is 14.7. The Hall–Kier alpha value is -1.74. The molecule has 3 heteroatoms. The molecular weight excluding hydrogens is 222 g/mol. The van der Waals surface area contributed by atoms with Crippen molar-refractivity contribution in [3.8, 4) is 0 Å². The quantitative estimate of drug-likeness (QED) is 0.870. The summed E-state index contributed by atoms with van der Waals surface area (Å²) >= 11 is 0. The average molecular weight is 239 g/mol. The molecule has 2 aromatic rings. The van der Waals surface area contributed by atoms with Crippen molar-refractivity contribution in [2.45, 2.75) is 31.8 Å². The second-order valence-corrected chi connectivity index (χ2v) is 4.83. The lowest BCUT2D eigenvalue weighted by molar-refractivity contribution is 0.681. The summed E-state index contributed by atoms with van der Waals surface area (Å²) in [6.45, 7) is 0.885. The Balaban J connectivity index is 1.59. The van der Waals surface area contributed by atoms with Crippen LogP contribution in [0.3, 0.4) is 0 Å². The molecule has 1 aromatic carbocycles. The van der Waals surface area contributed by atoms with Crippen LogP contribution < -0.4 is 5.32 Å². The Kier molecular flexibility index (Phi) is 3.33. The van der Waals surface area contributed by atoms with Crippen molar-refractivity contribution < 1.29 is 0 Å². The minimum absolute atomic E-state index is 0.731. The lowest BCUT2D eigenvalue weighted by Gasteiger charge is -2.04. The predicted octanol–water partition coefficient (Wildman–Crippen LogP) is 2.32. The maximum atomic E-state index is 4.42. The van der Waals surface area contributed by atoms with Crippen LogP contribution in [0.4, 0.5) is 0 Å². The molecule has 3 nitrogen and oxygen atoms in total. The molecule has 1 heterocycles. The zero-order valence-corrected chi connectivity index (χ0v) is 10.3. The van der Waals surface area contributed by atoms with Gasteiger partial charge >= 0.3 is 0 Å². The van der Waals surface area contributed by atoms with Gasteiger partial charge in [-0.2, -0.15) is 0 Å². The number of nitrogens with one attached hydrogen (secondary N) is 1. The van der Waals surface area contributed by atoms with Crippen molar-refractivity contribution in [1.82, 2.24) is 15.3 Å². The number of rotatable bonds is 5. The van der Waals surface area contributed by atoms with Crippen LogP contribution in [-0.2, 0) is 13.0 Å². The summed E-state index contributed by atoms with van der Waals surface area (Å²) in [7, 11) is 0. The van der Waals surface area contributed by atoms with Crippen molar-refractivity contribution in [3.05, 3.63) is 59.7 Å². The molecule has 1 saturated carbocycles. The van der Waals surface area contributed by atoms with Gasteiger partial charge in [-0.05, 0) is 18.4 Å². The van der Waals surface area contributed by atoms with Crippen LogP contribution in [0.15, 0.2) is 42.7 Å². The van der Waals surface area contributed by atoms with Gasteiger partial charge in [0.05, 0.1) is 0 Å². The first-order valence-electron chi connectivity index (χ1n) is 6.47. The maximum Gasteiger partial charge on any atom is 0.132 e. The molecule has 0 radical (unpaired) electrons. The van der Waals surface area contributed by atoms with Crippen LogP contribution in [0.1, 0.15) is 29.8 Å².